The normalized spacial score (nSPS) is 11.6. The largest absolute Gasteiger partial charge is 0.309 e. The van der Waals surface area contributed by atoms with E-state index in [1.54, 1.807) is 0 Å². The lowest BCUT2D eigenvalue weighted by Crippen LogP contribution is -1.97. The summed E-state index contributed by atoms with van der Waals surface area (Å²) in [5.41, 5.74) is 15.3. The lowest BCUT2D eigenvalue weighted by Gasteiger charge is -2.14. The molecule has 2 nitrogen and oxygen atoms in total. The molecular weight excluding hydrogens is 617 g/mol. The highest BCUT2D eigenvalue weighted by Gasteiger charge is 2.16. The van der Waals surface area contributed by atoms with Crippen LogP contribution in [0.5, 0.6) is 0 Å². The van der Waals surface area contributed by atoms with Gasteiger partial charge in [-0.1, -0.05) is 128 Å². The van der Waals surface area contributed by atoms with Gasteiger partial charge in [-0.2, -0.15) is 0 Å². The number of allylic oxidation sites excluding steroid dienone is 1. The van der Waals surface area contributed by atoms with Crippen LogP contribution >= 0.6 is 0 Å². The molecule has 0 radical (unpaired) electrons. The molecule has 51 heavy (non-hydrogen) atoms. The second kappa shape index (κ2) is 12.7. The van der Waals surface area contributed by atoms with Crippen molar-refractivity contribution in [3.05, 3.63) is 194 Å². The molecule has 0 aliphatic carbocycles. The van der Waals surface area contributed by atoms with Gasteiger partial charge in [-0.25, -0.2) is 0 Å². The van der Waals surface area contributed by atoms with Crippen molar-refractivity contribution in [2.45, 2.75) is 6.92 Å². The van der Waals surface area contributed by atoms with Gasteiger partial charge in [0.1, 0.15) is 0 Å². The maximum Gasteiger partial charge on any atom is 0.0541 e. The molecule has 0 spiro atoms. The number of aromatic nitrogens is 2. The van der Waals surface area contributed by atoms with Crippen molar-refractivity contribution in [2.24, 2.45) is 0 Å². The van der Waals surface area contributed by atoms with Crippen LogP contribution in [-0.2, 0) is 0 Å². The Morgan fingerprint density at radius 1 is 0.412 bits per heavy atom. The van der Waals surface area contributed by atoms with Crippen LogP contribution in [0.15, 0.2) is 183 Å². The zero-order valence-electron chi connectivity index (χ0n) is 28.5. The topological polar surface area (TPSA) is 9.86 Å². The Balaban J connectivity index is 1.14. The van der Waals surface area contributed by atoms with E-state index in [-0.39, 0.29) is 0 Å². The highest BCUT2D eigenvalue weighted by molar-refractivity contribution is 6.09. The summed E-state index contributed by atoms with van der Waals surface area (Å²) in [5, 5.41) is 3.74. The SMILES string of the molecule is C=Cc1c(/C=C\C)n(-c2ccc(-c3cc(-c4ccccc4)cc(-c4ccc(-n5c6ccccc6c6ccccc65)cc4)c3)cc2)c2ccccc12. The first kappa shape index (κ1) is 30.4. The van der Waals surface area contributed by atoms with Gasteiger partial charge >= 0.3 is 0 Å². The van der Waals surface area contributed by atoms with Crippen molar-refractivity contribution in [1.82, 2.24) is 9.13 Å². The molecule has 7 aromatic carbocycles. The Hall–Kier alpha value is -6.64. The Kier molecular flexibility index (Phi) is 7.56. The van der Waals surface area contributed by atoms with Crippen molar-refractivity contribution in [2.75, 3.05) is 0 Å². The second-order valence-corrected chi connectivity index (χ2v) is 13.0. The van der Waals surface area contributed by atoms with Gasteiger partial charge in [-0.15, -0.1) is 0 Å². The number of hydrogen-bond acceptors (Lipinski definition) is 0. The predicted octanol–water partition coefficient (Wildman–Crippen LogP) is 13.4. The minimum Gasteiger partial charge on any atom is -0.309 e. The maximum absolute atomic E-state index is 4.14. The van der Waals surface area contributed by atoms with Crippen LogP contribution in [0.1, 0.15) is 18.2 Å². The molecule has 0 bridgehead atoms. The van der Waals surface area contributed by atoms with Crippen molar-refractivity contribution in [1.29, 1.82) is 0 Å². The quantitative estimate of drug-likeness (QED) is 0.162. The minimum atomic E-state index is 1.12. The molecule has 2 heteroatoms. The average Bonchev–Trinajstić information content (AvgIpc) is 3.70. The molecule has 0 atom stereocenters. The Bertz CT molecular complexity index is 2680. The summed E-state index contributed by atoms with van der Waals surface area (Å²) in [6, 6.07) is 61.5. The van der Waals surface area contributed by atoms with Crippen LogP contribution in [0.3, 0.4) is 0 Å². The van der Waals surface area contributed by atoms with E-state index in [1.807, 2.05) is 6.08 Å². The lowest BCUT2D eigenvalue weighted by molar-refractivity contribution is 1.10. The predicted molar refractivity (Wildman–Crippen MR) is 219 cm³/mol. The third kappa shape index (κ3) is 5.21. The zero-order chi connectivity index (χ0) is 34.3. The van der Waals surface area contributed by atoms with Gasteiger partial charge < -0.3 is 9.13 Å². The molecule has 9 aromatic rings. The monoisotopic (exact) mass is 652 g/mol. The molecule has 0 aliphatic rings. The van der Waals surface area contributed by atoms with E-state index in [0.29, 0.717) is 0 Å². The molecule has 0 N–H and O–H groups in total. The summed E-state index contributed by atoms with van der Waals surface area (Å²) in [6.45, 7) is 6.21. The fourth-order valence-corrected chi connectivity index (χ4v) is 7.66. The van der Waals surface area contributed by atoms with Gasteiger partial charge in [0.05, 0.1) is 22.2 Å². The van der Waals surface area contributed by atoms with Crippen molar-refractivity contribution in [3.8, 4) is 44.8 Å². The Morgan fingerprint density at radius 2 is 0.824 bits per heavy atom. The van der Waals surface area contributed by atoms with Gasteiger partial charge in [0.2, 0.25) is 0 Å². The average molecular weight is 653 g/mol. The summed E-state index contributed by atoms with van der Waals surface area (Å²) < 4.78 is 4.70. The number of hydrogen-bond donors (Lipinski definition) is 0. The van der Waals surface area contributed by atoms with E-state index in [9.17, 15) is 0 Å². The molecule has 2 aromatic heterocycles. The molecule has 0 saturated heterocycles. The molecule has 0 aliphatic heterocycles. The number of benzene rings is 7. The van der Waals surface area contributed by atoms with Gasteiger partial charge in [0.15, 0.2) is 0 Å². The second-order valence-electron chi connectivity index (χ2n) is 13.0. The number of para-hydroxylation sites is 3. The first-order valence-electron chi connectivity index (χ1n) is 17.5. The van der Waals surface area contributed by atoms with Crippen LogP contribution in [0, 0.1) is 0 Å². The van der Waals surface area contributed by atoms with Crippen molar-refractivity contribution < 1.29 is 0 Å². The maximum atomic E-state index is 4.14. The fraction of sp³-hybridized carbons (Fsp3) is 0.0204. The van der Waals surface area contributed by atoms with Gasteiger partial charge in [0, 0.05) is 33.1 Å². The Labute approximate surface area is 298 Å². The van der Waals surface area contributed by atoms with Crippen LogP contribution < -0.4 is 0 Å². The van der Waals surface area contributed by atoms with Crippen molar-refractivity contribution >= 4 is 44.9 Å². The summed E-state index contributed by atoms with van der Waals surface area (Å²) >= 11 is 0. The minimum absolute atomic E-state index is 1.12. The molecule has 2 heterocycles. The van der Waals surface area contributed by atoms with E-state index in [2.05, 4.69) is 205 Å². The molecule has 9 rings (SSSR count). The highest BCUT2D eigenvalue weighted by Crippen LogP contribution is 2.37. The number of nitrogens with zero attached hydrogens (tertiary/aromatic N) is 2. The smallest absolute Gasteiger partial charge is 0.0541 e. The van der Waals surface area contributed by atoms with Gasteiger partial charge in [-0.05, 0) is 107 Å². The zero-order valence-corrected chi connectivity index (χ0v) is 28.5. The first-order chi connectivity index (χ1) is 25.2. The summed E-state index contributed by atoms with van der Waals surface area (Å²) in [5.74, 6) is 0. The Morgan fingerprint density at radius 3 is 1.31 bits per heavy atom. The first-order valence-corrected chi connectivity index (χ1v) is 17.5. The van der Waals surface area contributed by atoms with E-state index >= 15 is 0 Å². The van der Waals surface area contributed by atoms with Gasteiger partial charge in [-0.3, -0.25) is 0 Å². The molecule has 0 saturated carbocycles. The van der Waals surface area contributed by atoms with Gasteiger partial charge in [0.25, 0.3) is 0 Å². The summed E-state index contributed by atoms with van der Waals surface area (Å²) in [7, 11) is 0. The molecule has 242 valence electrons. The standard InChI is InChI=1S/C49H36N2/c1-3-14-46-42(4-2)43-17-8-11-20-47(43)50(46)40-27-23-35(24-28-40)38-31-37(34-15-6-5-7-16-34)32-39(33-38)36-25-29-41(30-26-36)51-48-21-12-9-18-44(48)45-19-10-13-22-49(45)51/h3-33H,2H2,1H3/b14-3-. The van der Waals surface area contributed by atoms with Crippen molar-refractivity contribution in [3.63, 3.8) is 0 Å². The molecule has 0 amide bonds. The molecule has 0 fully saturated rings. The number of fused-ring (bicyclic) bond motifs is 4. The summed E-state index contributed by atoms with van der Waals surface area (Å²) in [4.78, 5) is 0. The van der Waals surface area contributed by atoms with Crippen LogP contribution in [0.4, 0.5) is 0 Å². The van der Waals surface area contributed by atoms with Crippen LogP contribution in [0.2, 0.25) is 0 Å². The summed E-state index contributed by atoms with van der Waals surface area (Å²) in [6.07, 6.45) is 6.24. The molecule has 0 unspecified atom stereocenters. The fourth-order valence-electron chi connectivity index (χ4n) is 7.66. The van der Waals surface area contributed by atoms with E-state index in [0.717, 1.165) is 22.6 Å². The van der Waals surface area contributed by atoms with Crippen LogP contribution in [-0.4, -0.2) is 9.13 Å². The van der Waals surface area contributed by atoms with E-state index < -0.39 is 0 Å². The number of rotatable bonds is 7. The van der Waals surface area contributed by atoms with E-state index in [4.69, 9.17) is 0 Å². The third-order valence-electron chi connectivity index (χ3n) is 10.0. The van der Waals surface area contributed by atoms with Crippen LogP contribution in [0.25, 0.3) is 89.6 Å². The highest BCUT2D eigenvalue weighted by atomic mass is 15.0. The van der Waals surface area contributed by atoms with E-state index in [1.165, 1.54) is 66.1 Å². The lowest BCUT2D eigenvalue weighted by atomic mass is 9.93. The third-order valence-corrected chi connectivity index (χ3v) is 10.0. The molecular formula is C49H36N2.